The van der Waals surface area contributed by atoms with Crippen molar-refractivity contribution in [1.82, 2.24) is 0 Å². The van der Waals surface area contributed by atoms with Crippen LogP contribution in [0.4, 0.5) is 17.3 Å². The molecule has 3 aromatic carbocycles. The molecule has 0 atom stereocenters. The topological polar surface area (TPSA) is 16.4 Å². The number of rotatable bonds is 2. The summed E-state index contributed by atoms with van der Waals surface area (Å²) in [6, 6.07) is 27.7. The second-order valence-corrected chi connectivity index (χ2v) is 7.47. The van der Waals surface area contributed by atoms with Crippen LogP contribution in [0.3, 0.4) is 0 Å². The van der Waals surface area contributed by atoms with E-state index >= 15 is 0 Å². The van der Waals surface area contributed by atoms with Crippen molar-refractivity contribution in [1.29, 1.82) is 0 Å². The Kier molecular flexibility index (Phi) is 3.61. The SMILES string of the molecule is Cc1ccc(N2c3ccccc3Sc3ccoc32)c(-c2ccccc2)c1. The standard InChI is InChI=1S/C23H17NOS/c1-16-11-12-19(18(15-16)17-7-3-2-4-8-17)24-20-9-5-6-10-21(20)26-22-13-14-25-23(22)24/h2-15H,1H3. The van der Waals surface area contributed by atoms with Gasteiger partial charge in [0.1, 0.15) is 0 Å². The Labute approximate surface area is 157 Å². The highest BCUT2D eigenvalue weighted by molar-refractivity contribution is 7.99. The zero-order valence-electron chi connectivity index (χ0n) is 14.3. The van der Waals surface area contributed by atoms with E-state index in [1.54, 1.807) is 18.0 Å². The van der Waals surface area contributed by atoms with Crippen LogP contribution in [0, 0.1) is 6.92 Å². The molecule has 2 nitrogen and oxygen atoms in total. The number of hydrogen-bond donors (Lipinski definition) is 0. The quantitative estimate of drug-likeness (QED) is 0.333. The van der Waals surface area contributed by atoms with E-state index in [0.717, 1.165) is 22.2 Å². The number of aryl methyl sites for hydroxylation is 1. The van der Waals surface area contributed by atoms with Crippen LogP contribution in [0.15, 0.2) is 99.3 Å². The van der Waals surface area contributed by atoms with Crippen LogP contribution in [-0.4, -0.2) is 0 Å². The van der Waals surface area contributed by atoms with E-state index in [9.17, 15) is 0 Å². The second-order valence-electron chi connectivity index (χ2n) is 6.38. The van der Waals surface area contributed by atoms with E-state index in [0.29, 0.717) is 0 Å². The van der Waals surface area contributed by atoms with Crippen molar-refractivity contribution in [3.05, 3.63) is 90.7 Å². The molecule has 0 amide bonds. The Morgan fingerprint density at radius 3 is 2.46 bits per heavy atom. The molecule has 0 unspecified atom stereocenters. The van der Waals surface area contributed by atoms with E-state index in [-0.39, 0.29) is 0 Å². The van der Waals surface area contributed by atoms with Gasteiger partial charge in [-0.05, 0) is 42.8 Å². The van der Waals surface area contributed by atoms with E-state index in [1.807, 2.05) is 6.07 Å². The van der Waals surface area contributed by atoms with Gasteiger partial charge in [0.05, 0.1) is 22.5 Å². The summed E-state index contributed by atoms with van der Waals surface area (Å²) in [7, 11) is 0. The highest BCUT2D eigenvalue weighted by atomic mass is 32.2. The molecule has 4 aromatic rings. The summed E-state index contributed by atoms with van der Waals surface area (Å²) in [5.41, 5.74) is 5.93. The molecule has 0 radical (unpaired) electrons. The highest BCUT2D eigenvalue weighted by Crippen LogP contribution is 2.53. The average Bonchev–Trinajstić information content (AvgIpc) is 3.15. The minimum absolute atomic E-state index is 0.884. The zero-order chi connectivity index (χ0) is 17.5. The van der Waals surface area contributed by atoms with E-state index < -0.39 is 0 Å². The fourth-order valence-corrected chi connectivity index (χ4v) is 4.42. The molecule has 126 valence electrons. The molecular weight excluding hydrogens is 338 g/mol. The number of furan rings is 1. The third-order valence-electron chi connectivity index (χ3n) is 4.62. The summed E-state index contributed by atoms with van der Waals surface area (Å²) in [6.45, 7) is 2.13. The van der Waals surface area contributed by atoms with Crippen LogP contribution in [0.1, 0.15) is 5.56 Å². The van der Waals surface area contributed by atoms with Crippen molar-refractivity contribution in [3.8, 4) is 11.1 Å². The van der Waals surface area contributed by atoms with Crippen molar-refractivity contribution in [3.63, 3.8) is 0 Å². The summed E-state index contributed by atoms with van der Waals surface area (Å²) in [6.07, 6.45) is 1.77. The van der Waals surface area contributed by atoms with Gasteiger partial charge in [-0.3, -0.25) is 4.90 Å². The molecular formula is C23H17NOS. The number of para-hydroxylation sites is 1. The predicted octanol–water partition coefficient (Wildman–Crippen LogP) is 7.19. The van der Waals surface area contributed by atoms with Crippen molar-refractivity contribution in [2.45, 2.75) is 16.7 Å². The molecule has 0 fully saturated rings. The Bertz CT molecular complexity index is 1080. The van der Waals surface area contributed by atoms with Gasteiger partial charge in [-0.15, -0.1) is 0 Å². The van der Waals surface area contributed by atoms with Crippen LogP contribution in [0.25, 0.3) is 11.1 Å². The third-order valence-corrected chi connectivity index (χ3v) is 5.71. The Morgan fingerprint density at radius 1 is 0.769 bits per heavy atom. The summed E-state index contributed by atoms with van der Waals surface area (Å²) < 4.78 is 5.91. The van der Waals surface area contributed by atoms with E-state index in [2.05, 4.69) is 84.6 Å². The number of benzene rings is 3. The Hall–Kier alpha value is -2.91. The van der Waals surface area contributed by atoms with E-state index in [1.165, 1.54) is 21.6 Å². The van der Waals surface area contributed by atoms with Crippen LogP contribution < -0.4 is 4.90 Å². The smallest absolute Gasteiger partial charge is 0.218 e. The molecule has 0 saturated heterocycles. The van der Waals surface area contributed by atoms with Gasteiger partial charge in [0.25, 0.3) is 0 Å². The maximum absolute atomic E-state index is 5.91. The molecule has 0 N–H and O–H groups in total. The van der Waals surface area contributed by atoms with Gasteiger partial charge in [-0.25, -0.2) is 0 Å². The van der Waals surface area contributed by atoms with E-state index in [4.69, 9.17) is 4.42 Å². The molecule has 5 rings (SSSR count). The first-order valence-electron chi connectivity index (χ1n) is 8.62. The largest absolute Gasteiger partial charge is 0.447 e. The third kappa shape index (κ3) is 2.44. The lowest BCUT2D eigenvalue weighted by Gasteiger charge is -2.31. The fourth-order valence-electron chi connectivity index (χ4n) is 3.42. The molecule has 26 heavy (non-hydrogen) atoms. The molecule has 0 aliphatic carbocycles. The summed E-state index contributed by atoms with van der Waals surface area (Å²) in [5.74, 6) is 0.884. The number of anilines is 3. The van der Waals surface area contributed by atoms with Gasteiger partial charge in [0.15, 0.2) is 0 Å². The molecule has 2 heterocycles. The van der Waals surface area contributed by atoms with Crippen molar-refractivity contribution >= 4 is 29.0 Å². The van der Waals surface area contributed by atoms with Crippen LogP contribution in [0.2, 0.25) is 0 Å². The van der Waals surface area contributed by atoms with Crippen LogP contribution in [0.5, 0.6) is 0 Å². The molecule has 0 spiro atoms. The molecule has 3 heteroatoms. The summed E-state index contributed by atoms with van der Waals surface area (Å²) in [5, 5.41) is 0. The lowest BCUT2D eigenvalue weighted by Crippen LogP contribution is -2.14. The Balaban J connectivity index is 1.78. The summed E-state index contributed by atoms with van der Waals surface area (Å²) >= 11 is 1.76. The zero-order valence-corrected chi connectivity index (χ0v) is 15.2. The normalized spacial score (nSPS) is 12.6. The number of hydrogen-bond acceptors (Lipinski definition) is 3. The van der Waals surface area contributed by atoms with Crippen LogP contribution in [-0.2, 0) is 0 Å². The fraction of sp³-hybridized carbons (Fsp3) is 0.0435. The predicted molar refractivity (Wildman–Crippen MR) is 108 cm³/mol. The second kappa shape index (κ2) is 6.11. The van der Waals surface area contributed by atoms with Gasteiger partial charge >= 0.3 is 0 Å². The molecule has 0 saturated carbocycles. The number of nitrogens with zero attached hydrogens (tertiary/aromatic N) is 1. The molecule has 1 aromatic heterocycles. The van der Waals surface area contributed by atoms with Crippen molar-refractivity contribution < 1.29 is 4.42 Å². The average molecular weight is 355 g/mol. The lowest BCUT2D eigenvalue weighted by atomic mass is 10.00. The van der Waals surface area contributed by atoms with Crippen molar-refractivity contribution in [2.24, 2.45) is 0 Å². The lowest BCUT2D eigenvalue weighted by molar-refractivity contribution is 0.568. The van der Waals surface area contributed by atoms with Gasteiger partial charge in [0, 0.05) is 10.5 Å². The molecule has 1 aliphatic rings. The monoisotopic (exact) mass is 355 g/mol. The Morgan fingerprint density at radius 2 is 1.58 bits per heavy atom. The molecule has 0 bridgehead atoms. The van der Waals surface area contributed by atoms with Crippen LogP contribution >= 0.6 is 11.8 Å². The van der Waals surface area contributed by atoms with Gasteiger partial charge in [-0.2, -0.15) is 0 Å². The van der Waals surface area contributed by atoms with Gasteiger partial charge < -0.3 is 4.42 Å². The minimum atomic E-state index is 0.884. The van der Waals surface area contributed by atoms with Gasteiger partial charge in [0.2, 0.25) is 5.88 Å². The first-order chi connectivity index (χ1) is 12.8. The number of fused-ring (bicyclic) bond motifs is 2. The maximum Gasteiger partial charge on any atom is 0.218 e. The first-order valence-corrected chi connectivity index (χ1v) is 9.43. The molecule has 1 aliphatic heterocycles. The van der Waals surface area contributed by atoms with Gasteiger partial charge in [-0.1, -0.05) is 65.9 Å². The maximum atomic E-state index is 5.91. The highest BCUT2D eigenvalue weighted by Gasteiger charge is 2.28. The van der Waals surface area contributed by atoms with Crippen molar-refractivity contribution in [2.75, 3.05) is 4.90 Å². The summed E-state index contributed by atoms with van der Waals surface area (Å²) in [4.78, 5) is 4.62. The minimum Gasteiger partial charge on any atom is -0.447 e. The first kappa shape index (κ1) is 15.4.